The summed E-state index contributed by atoms with van der Waals surface area (Å²) in [5.41, 5.74) is 0.591. The molecule has 0 radical (unpaired) electrons. The zero-order valence-electron chi connectivity index (χ0n) is 16.2. The Bertz CT molecular complexity index is 1050. The number of ether oxygens (including phenoxy) is 3. The van der Waals surface area contributed by atoms with Gasteiger partial charge in [-0.15, -0.1) is 0 Å². The minimum Gasteiger partial charge on any atom is -0.507 e. The molecule has 0 spiro atoms. The molecule has 1 fully saturated rings. The molecule has 4 atom stereocenters. The number of hydrogen-bond acceptors (Lipinski definition) is 9. The van der Waals surface area contributed by atoms with Gasteiger partial charge in [-0.05, 0) is 30.7 Å². The molecule has 158 valence electrons. The Hall–Kier alpha value is -2.98. The second-order valence-corrected chi connectivity index (χ2v) is 7.24. The van der Waals surface area contributed by atoms with Gasteiger partial charge in [0.15, 0.2) is 5.78 Å². The van der Waals surface area contributed by atoms with Crippen molar-refractivity contribution in [3.63, 3.8) is 0 Å². The van der Waals surface area contributed by atoms with Gasteiger partial charge < -0.3 is 34.6 Å². The van der Waals surface area contributed by atoms with Crippen LogP contribution in [0.1, 0.15) is 37.4 Å². The van der Waals surface area contributed by atoms with E-state index in [2.05, 4.69) is 0 Å². The van der Waals surface area contributed by atoms with Gasteiger partial charge in [0.1, 0.15) is 35.6 Å². The zero-order valence-corrected chi connectivity index (χ0v) is 16.2. The van der Waals surface area contributed by atoms with Gasteiger partial charge in [0.05, 0.1) is 24.8 Å². The number of hydrogen-bond donors (Lipinski definition) is 4. The zero-order chi connectivity index (χ0) is 21.7. The average Bonchev–Trinajstić information content (AvgIpc) is 2.98. The second kappa shape index (κ2) is 7.37. The fourth-order valence-corrected chi connectivity index (χ4v) is 3.78. The van der Waals surface area contributed by atoms with E-state index in [0.717, 1.165) is 0 Å². The maximum atomic E-state index is 13.1. The van der Waals surface area contributed by atoms with Crippen molar-refractivity contribution in [1.82, 2.24) is 0 Å². The third-order valence-electron chi connectivity index (χ3n) is 5.25. The van der Waals surface area contributed by atoms with E-state index in [1.54, 1.807) is 6.92 Å². The van der Waals surface area contributed by atoms with Gasteiger partial charge in [-0.1, -0.05) is 0 Å². The molecular weight excluding hydrogens is 396 g/mol. The first-order valence-electron chi connectivity index (χ1n) is 9.21. The van der Waals surface area contributed by atoms with Crippen LogP contribution in [0.2, 0.25) is 0 Å². The number of carbonyl (C=O) groups is 2. The maximum absolute atomic E-state index is 13.1. The fraction of sp³-hybridized carbons (Fsp3) is 0.333. The Morgan fingerprint density at radius 3 is 2.33 bits per heavy atom. The third kappa shape index (κ3) is 3.03. The van der Waals surface area contributed by atoms with Crippen LogP contribution in [0.25, 0.3) is 0 Å². The lowest BCUT2D eigenvalue weighted by Crippen LogP contribution is -2.35. The highest BCUT2D eigenvalue weighted by Crippen LogP contribution is 2.40. The lowest BCUT2D eigenvalue weighted by molar-refractivity contribution is -0.116. The Morgan fingerprint density at radius 1 is 1.00 bits per heavy atom. The van der Waals surface area contributed by atoms with Crippen molar-refractivity contribution in [3.8, 4) is 17.2 Å². The molecule has 1 aliphatic heterocycles. The molecule has 30 heavy (non-hydrogen) atoms. The lowest BCUT2D eigenvalue weighted by Gasteiger charge is -2.23. The van der Waals surface area contributed by atoms with Crippen molar-refractivity contribution < 1.29 is 44.2 Å². The van der Waals surface area contributed by atoms with Crippen LogP contribution in [0.4, 0.5) is 0 Å². The van der Waals surface area contributed by atoms with Crippen LogP contribution in [-0.2, 0) is 4.74 Å². The molecule has 1 heterocycles. The number of benzene rings is 2. The van der Waals surface area contributed by atoms with E-state index in [1.165, 1.54) is 31.4 Å². The number of aromatic hydroxyl groups is 1. The van der Waals surface area contributed by atoms with E-state index in [4.69, 9.17) is 14.2 Å². The Labute approximate surface area is 171 Å². The number of phenolic OH excluding ortho intramolecular Hbond substituents is 1. The summed E-state index contributed by atoms with van der Waals surface area (Å²) in [6, 6.07) is 5.58. The molecule has 0 bridgehead atoms. The van der Waals surface area contributed by atoms with E-state index in [-0.39, 0.29) is 39.5 Å². The summed E-state index contributed by atoms with van der Waals surface area (Å²) in [5, 5.41) is 39.4. The monoisotopic (exact) mass is 416 g/mol. The van der Waals surface area contributed by atoms with Gasteiger partial charge in [0.2, 0.25) is 12.1 Å². The first-order valence-corrected chi connectivity index (χ1v) is 9.21. The van der Waals surface area contributed by atoms with Gasteiger partial charge >= 0.3 is 0 Å². The summed E-state index contributed by atoms with van der Waals surface area (Å²) in [6.45, 7) is 1.17. The molecule has 2 aliphatic rings. The maximum Gasteiger partial charge on any atom is 0.229 e. The van der Waals surface area contributed by atoms with E-state index in [1.807, 2.05) is 0 Å². The van der Waals surface area contributed by atoms with Crippen molar-refractivity contribution in [2.75, 3.05) is 13.7 Å². The average molecular weight is 416 g/mol. The van der Waals surface area contributed by atoms with Gasteiger partial charge in [0, 0.05) is 17.2 Å². The smallest absolute Gasteiger partial charge is 0.229 e. The van der Waals surface area contributed by atoms with Crippen molar-refractivity contribution in [3.05, 3.63) is 52.1 Å². The van der Waals surface area contributed by atoms with Crippen LogP contribution in [0.5, 0.6) is 17.2 Å². The SMILES string of the molecule is COc1cc(OC2OC(CO)C(O)C2O)cc2c1C(=O)c1c(O)cc(C)cc1C2=O. The molecule has 0 amide bonds. The molecule has 9 heteroatoms. The number of aryl methyl sites for hydroxylation is 1. The van der Waals surface area contributed by atoms with Crippen LogP contribution in [0.15, 0.2) is 24.3 Å². The van der Waals surface area contributed by atoms with Crippen LogP contribution in [0.3, 0.4) is 0 Å². The highest BCUT2D eigenvalue weighted by Gasteiger charge is 2.44. The lowest BCUT2D eigenvalue weighted by atomic mass is 9.82. The molecule has 1 saturated heterocycles. The number of methoxy groups -OCH3 is 1. The van der Waals surface area contributed by atoms with Gasteiger partial charge in [-0.2, -0.15) is 0 Å². The van der Waals surface area contributed by atoms with Crippen LogP contribution in [-0.4, -0.2) is 70.3 Å². The predicted octanol–water partition coefficient (Wildman–Crippen LogP) is 0.302. The fourth-order valence-electron chi connectivity index (χ4n) is 3.78. The minimum absolute atomic E-state index is 0.0114. The number of phenols is 1. The number of aliphatic hydroxyl groups excluding tert-OH is 3. The number of fused-ring (bicyclic) bond motifs is 2. The number of ketones is 2. The van der Waals surface area contributed by atoms with Crippen LogP contribution in [0, 0.1) is 6.92 Å². The molecule has 4 unspecified atom stereocenters. The summed E-state index contributed by atoms with van der Waals surface area (Å²) in [5.74, 6) is -1.25. The summed E-state index contributed by atoms with van der Waals surface area (Å²) >= 11 is 0. The van der Waals surface area contributed by atoms with E-state index < -0.39 is 42.8 Å². The molecule has 9 nitrogen and oxygen atoms in total. The third-order valence-corrected chi connectivity index (χ3v) is 5.25. The summed E-state index contributed by atoms with van der Waals surface area (Å²) in [6.07, 6.45) is -5.10. The summed E-state index contributed by atoms with van der Waals surface area (Å²) < 4.78 is 16.2. The normalized spacial score (nSPS) is 25.1. The molecule has 0 saturated carbocycles. The van der Waals surface area contributed by atoms with Crippen molar-refractivity contribution >= 4 is 11.6 Å². The molecule has 2 aromatic carbocycles. The minimum atomic E-state index is -1.43. The number of rotatable bonds is 4. The highest BCUT2D eigenvalue weighted by atomic mass is 16.7. The molecule has 2 aromatic rings. The van der Waals surface area contributed by atoms with Gasteiger partial charge in [-0.3, -0.25) is 9.59 Å². The van der Waals surface area contributed by atoms with E-state index in [9.17, 15) is 30.0 Å². The molecule has 4 N–H and O–H groups in total. The van der Waals surface area contributed by atoms with Crippen molar-refractivity contribution in [2.24, 2.45) is 0 Å². The Morgan fingerprint density at radius 2 is 1.70 bits per heavy atom. The summed E-state index contributed by atoms with van der Waals surface area (Å²) in [7, 11) is 1.31. The van der Waals surface area contributed by atoms with Crippen molar-refractivity contribution in [2.45, 2.75) is 31.5 Å². The standard InChI is InChI=1S/C21H20O9/c1-8-3-10-15(12(23)4-8)19(26)16-11(17(10)24)5-9(6-13(16)28-2)29-21-20(27)18(25)14(7-22)30-21/h3-6,14,18,20-23,25,27H,7H2,1-2H3. The second-order valence-electron chi connectivity index (χ2n) is 7.24. The Kier molecular flexibility index (Phi) is 4.99. The van der Waals surface area contributed by atoms with Gasteiger partial charge in [-0.25, -0.2) is 0 Å². The summed E-state index contributed by atoms with van der Waals surface area (Å²) in [4.78, 5) is 26.1. The quantitative estimate of drug-likeness (QED) is 0.472. The van der Waals surface area contributed by atoms with Crippen LogP contribution < -0.4 is 9.47 Å². The first-order chi connectivity index (χ1) is 14.3. The highest BCUT2D eigenvalue weighted by molar-refractivity contribution is 6.30. The molecule has 1 aliphatic carbocycles. The van der Waals surface area contributed by atoms with Crippen LogP contribution >= 0.6 is 0 Å². The largest absolute Gasteiger partial charge is 0.507 e. The molecular formula is C21H20O9. The first kappa shape index (κ1) is 20.3. The topological polar surface area (TPSA) is 143 Å². The number of aliphatic hydroxyl groups is 3. The van der Waals surface area contributed by atoms with Gasteiger partial charge in [0.25, 0.3) is 0 Å². The molecule has 0 aromatic heterocycles. The van der Waals surface area contributed by atoms with Crippen molar-refractivity contribution in [1.29, 1.82) is 0 Å². The molecule has 4 rings (SSSR count). The Balaban J connectivity index is 1.77. The van der Waals surface area contributed by atoms with E-state index in [0.29, 0.717) is 5.56 Å². The van der Waals surface area contributed by atoms with E-state index >= 15 is 0 Å². The number of carbonyl (C=O) groups excluding carboxylic acids is 2. The predicted molar refractivity (Wildman–Crippen MR) is 101 cm³/mol.